The topological polar surface area (TPSA) is 98.0 Å². The number of aliphatic hydroxyl groups excluding tert-OH is 3. The van der Waals surface area contributed by atoms with Crippen molar-refractivity contribution in [3.05, 3.63) is 0 Å². The maximum atomic E-state index is 11.5. The zero-order valence-corrected chi connectivity index (χ0v) is 18.3. The molecule has 0 unspecified atom stereocenters. The lowest BCUT2D eigenvalue weighted by atomic mass is 9.43. The summed E-state index contributed by atoms with van der Waals surface area (Å²) in [5, 5.41) is 42.0. The minimum absolute atomic E-state index is 0.0957. The van der Waals surface area contributed by atoms with Crippen LogP contribution in [0.2, 0.25) is 0 Å². The molecule has 0 aliphatic heterocycles. The standard InChI is InChI=1S/C24H40O5/c1-13(4-7-21(28)29)16-5-6-17-22-18(12-20(27)24(16,17)3)23(2)9-8-15(25)10-14(23)11-19(22)26/h13-20,22,25-27H,4-12H2,1-3H3,(H,28,29)/t13-,14-,15-,16+,17-,18+,19-,20+,22-,23-,24-/m1/s1. The van der Waals surface area contributed by atoms with Crippen molar-refractivity contribution in [2.45, 2.75) is 96.9 Å². The van der Waals surface area contributed by atoms with E-state index in [-0.39, 0.29) is 41.3 Å². The van der Waals surface area contributed by atoms with Gasteiger partial charge in [-0.05, 0) is 97.7 Å². The van der Waals surface area contributed by atoms with E-state index < -0.39 is 12.1 Å². The highest BCUT2D eigenvalue weighted by Crippen LogP contribution is 2.68. The molecule has 4 saturated carbocycles. The molecule has 0 radical (unpaired) electrons. The minimum Gasteiger partial charge on any atom is -0.481 e. The fraction of sp³-hybridized carbons (Fsp3) is 0.958. The van der Waals surface area contributed by atoms with E-state index in [9.17, 15) is 20.1 Å². The fourth-order valence-corrected chi connectivity index (χ4v) is 8.68. The number of hydrogen-bond donors (Lipinski definition) is 4. The Morgan fingerprint density at radius 3 is 2.45 bits per heavy atom. The molecule has 4 aliphatic carbocycles. The molecule has 0 bridgehead atoms. The van der Waals surface area contributed by atoms with Gasteiger partial charge in [0.1, 0.15) is 0 Å². The van der Waals surface area contributed by atoms with Gasteiger partial charge in [-0.1, -0.05) is 20.8 Å². The fourth-order valence-electron chi connectivity index (χ4n) is 8.68. The van der Waals surface area contributed by atoms with Gasteiger partial charge in [-0.25, -0.2) is 0 Å². The first-order valence-electron chi connectivity index (χ1n) is 11.8. The van der Waals surface area contributed by atoms with E-state index in [0.29, 0.717) is 30.1 Å². The number of carboxylic acids is 1. The summed E-state index contributed by atoms with van der Waals surface area (Å²) < 4.78 is 0. The van der Waals surface area contributed by atoms with Gasteiger partial charge in [0, 0.05) is 6.42 Å². The van der Waals surface area contributed by atoms with E-state index in [1.54, 1.807) is 0 Å². The first kappa shape index (κ1) is 21.6. The monoisotopic (exact) mass is 408 g/mol. The molecule has 0 aromatic rings. The Morgan fingerprint density at radius 2 is 1.76 bits per heavy atom. The summed E-state index contributed by atoms with van der Waals surface area (Å²) in [6.45, 7) is 6.72. The van der Waals surface area contributed by atoms with Crippen molar-refractivity contribution in [2.24, 2.45) is 46.3 Å². The van der Waals surface area contributed by atoms with Gasteiger partial charge in [-0.2, -0.15) is 0 Å². The molecule has 0 heterocycles. The second-order valence-corrected chi connectivity index (χ2v) is 11.4. The van der Waals surface area contributed by atoms with Crippen molar-refractivity contribution in [1.82, 2.24) is 0 Å². The Labute approximate surface area is 174 Å². The predicted octanol–water partition coefficient (Wildman–Crippen LogP) is 3.45. The largest absolute Gasteiger partial charge is 0.481 e. The molecule has 166 valence electrons. The van der Waals surface area contributed by atoms with E-state index in [1.165, 1.54) is 0 Å². The average molecular weight is 409 g/mol. The van der Waals surface area contributed by atoms with Crippen LogP contribution in [0.4, 0.5) is 0 Å². The number of carbonyl (C=O) groups is 1. The maximum Gasteiger partial charge on any atom is 0.303 e. The molecule has 0 saturated heterocycles. The third-order valence-electron chi connectivity index (χ3n) is 10.3. The first-order valence-corrected chi connectivity index (χ1v) is 11.8. The van der Waals surface area contributed by atoms with E-state index in [2.05, 4.69) is 20.8 Å². The molecule has 29 heavy (non-hydrogen) atoms. The molecule has 4 aliphatic rings. The molecule has 0 amide bonds. The zero-order chi connectivity index (χ0) is 21.1. The molecule has 11 atom stereocenters. The van der Waals surface area contributed by atoms with Crippen LogP contribution in [0.3, 0.4) is 0 Å². The summed E-state index contributed by atoms with van der Waals surface area (Å²) in [5.74, 6) is 0.997. The first-order chi connectivity index (χ1) is 13.6. The summed E-state index contributed by atoms with van der Waals surface area (Å²) in [6.07, 6.45) is 6.00. The SMILES string of the molecule is C[C@H](CCC(=O)O)[C@@H]1CC[C@@H]2[C@H]3[C@H](O)C[C@H]4C[C@H](O)CC[C@@]4(C)[C@H]3C[C@H](O)[C@@]21C. The van der Waals surface area contributed by atoms with Crippen molar-refractivity contribution in [1.29, 1.82) is 0 Å². The van der Waals surface area contributed by atoms with Gasteiger partial charge in [0.25, 0.3) is 0 Å². The van der Waals surface area contributed by atoms with Gasteiger partial charge in [-0.15, -0.1) is 0 Å². The average Bonchev–Trinajstić information content (AvgIpc) is 3.01. The van der Waals surface area contributed by atoms with E-state index in [4.69, 9.17) is 5.11 Å². The second-order valence-electron chi connectivity index (χ2n) is 11.4. The van der Waals surface area contributed by atoms with Gasteiger partial charge in [0.15, 0.2) is 0 Å². The lowest BCUT2D eigenvalue weighted by Crippen LogP contribution is -2.62. The Hall–Kier alpha value is -0.650. The number of aliphatic carboxylic acids is 1. The number of aliphatic hydroxyl groups is 3. The normalized spacial score (nSPS) is 52.9. The highest BCUT2D eigenvalue weighted by molar-refractivity contribution is 5.66. The number of fused-ring (bicyclic) bond motifs is 5. The van der Waals surface area contributed by atoms with Crippen LogP contribution in [-0.2, 0) is 4.79 Å². The molecule has 4 fully saturated rings. The molecule has 4 N–H and O–H groups in total. The highest BCUT2D eigenvalue weighted by Gasteiger charge is 2.65. The zero-order valence-electron chi connectivity index (χ0n) is 18.3. The van der Waals surface area contributed by atoms with E-state index >= 15 is 0 Å². The smallest absolute Gasteiger partial charge is 0.303 e. The van der Waals surface area contributed by atoms with Crippen molar-refractivity contribution in [3.63, 3.8) is 0 Å². The Bertz CT molecular complexity index is 637. The van der Waals surface area contributed by atoms with Crippen LogP contribution in [0.1, 0.15) is 78.6 Å². The number of rotatable bonds is 4. The molecule has 0 aromatic carbocycles. The predicted molar refractivity (Wildman–Crippen MR) is 110 cm³/mol. The van der Waals surface area contributed by atoms with Gasteiger partial charge in [-0.3, -0.25) is 4.79 Å². The van der Waals surface area contributed by atoms with Crippen LogP contribution in [0.5, 0.6) is 0 Å². The minimum atomic E-state index is -0.748. The van der Waals surface area contributed by atoms with Crippen molar-refractivity contribution >= 4 is 5.97 Å². The summed E-state index contributed by atoms with van der Waals surface area (Å²) in [7, 11) is 0. The summed E-state index contributed by atoms with van der Waals surface area (Å²) in [5.41, 5.74) is -0.143. The quantitative estimate of drug-likeness (QED) is 0.571. The van der Waals surface area contributed by atoms with E-state index in [0.717, 1.165) is 44.9 Å². The lowest BCUT2D eigenvalue weighted by molar-refractivity contribution is -0.207. The third kappa shape index (κ3) is 3.27. The van der Waals surface area contributed by atoms with Crippen molar-refractivity contribution < 1.29 is 25.2 Å². The summed E-state index contributed by atoms with van der Waals surface area (Å²) in [6, 6.07) is 0. The second kappa shape index (κ2) is 7.49. The van der Waals surface area contributed by atoms with Crippen molar-refractivity contribution in [2.75, 3.05) is 0 Å². The van der Waals surface area contributed by atoms with Gasteiger partial charge >= 0.3 is 5.97 Å². The van der Waals surface area contributed by atoms with Crippen LogP contribution in [0.15, 0.2) is 0 Å². The van der Waals surface area contributed by atoms with E-state index in [1.807, 2.05) is 0 Å². The number of carboxylic acid groups (broad SMARTS) is 1. The molecule has 4 rings (SSSR count). The highest BCUT2D eigenvalue weighted by atomic mass is 16.4. The van der Waals surface area contributed by atoms with Crippen LogP contribution >= 0.6 is 0 Å². The molecule has 0 spiro atoms. The molecule has 5 nitrogen and oxygen atoms in total. The molecule has 0 aromatic heterocycles. The summed E-state index contributed by atoms with van der Waals surface area (Å²) >= 11 is 0. The van der Waals surface area contributed by atoms with Crippen LogP contribution < -0.4 is 0 Å². The molecule has 5 heteroatoms. The van der Waals surface area contributed by atoms with Gasteiger partial charge < -0.3 is 20.4 Å². The van der Waals surface area contributed by atoms with Gasteiger partial charge in [0.2, 0.25) is 0 Å². The third-order valence-corrected chi connectivity index (χ3v) is 10.3. The Balaban J connectivity index is 1.61. The maximum absolute atomic E-state index is 11.5. The van der Waals surface area contributed by atoms with Crippen LogP contribution in [0, 0.1) is 46.3 Å². The van der Waals surface area contributed by atoms with Gasteiger partial charge in [0.05, 0.1) is 18.3 Å². The Kier molecular flexibility index (Phi) is 5.57. The van der Waals surface area contributed by atoms with Crippen LogP contribution in [0.25, 0.3) is 0 Å². The van der Waals surface area contributed by atoms with Crippen LogP contribution in [-0.4, -0.2) is 44.7 Å². The molecular formula is C24H40O5. The Morgan fingerprint density at radius 1 is 1.03 bits per heavy atom. The lowest BCUT2D eigenvalue weighted by Gasteiger charge is -2.63. The molecular weight excluding hydrogens is 368 g/mol. The number of hydrogen-bond acceptors (Lipinski definition) is 4. The summed E-state index contributed by atoms with van der Waals surface area (Å²) in [4.78, 5) is 11.1. The van der Waals surface area contributed by atoms with Crippen molar-refractivity contribution in [3.8, 4) is 0 Å².